The highest BCUT2D eigenvalue weighted by Gasteiger charge is 2.33. The molecule has 0 radical (unpaired) electrons. The molecule has 0 rings (SSSR count). The fourth-order valence-corrected chi connectivity index (χ4v) is 1.13. The zero-order chi connectivity index (χ0) is 12.2. The molecule has 7 heteroatoms. The van der Waals surface area contributed by atoms with Crippen molar-refractivity contribution in [3.8, 4) is 0 Å². The van der Waals surface area contributed by atoms with Crippen LogP contribution in [0, 0.1) is 5.92 Å². The number of rotatable bonds is 6. The van der Waals surface area contributed by atoms with Crippen LogP contribution in [-0.4, -0.2) is 34.8 Å². The minimum Gasteiger partial charge on any atom is -0.480 e. The van der Waals surface area contributed by atoms with E-state index in [1.165, 1.54) is 6.92 Å². The predicted molar refractivity (Wildman–Crippen MR) is 51.6 cm³/mol. The van der Waals surface area contributed by atoms with Gasteiger partial charge in [-0.3, -0.25) is 14.4 Å². The number of hydrogen-bond acceptors (Lipinski definition) is 5. The highest BCUT2D eigenvalue weighted by atomic mass is 16.4. The number of carbonyl (C=O) groups excluding carboxylic acids is 2. The average molecular weight is 217 g/mol. The monoisotopic (exact) mass is 217 g/mol. The van der Waals surface area contributed by atoms with Crippen LogP contribution in [0.15, 0.2) is 0 Å². The molecule has 15 heavy (non-hydrogen) atoms. The molecule has 86 valence electrons. The quantitative estimate of drug-likeness (QED) is 0.396. The normalized spacial score (nSPS) is 16.5. The molecule has 0 aliphatic carbocycles. The van der Waals surface area contributed by atoms with E-state index < -0.39 is 42.1 Å². The molecule has 0 aromatic heterocycles. The summed E-state index contributed by atoms with van der Waals surface area (Å²) in [5.41, 5.74) is 15.5. The van der Waals surface area contributed by atoms with Crippen LogP contribution in [-0.2, 0) is 14.4 Å². The minimum atomic E-state index is -1.46. The van der Waals surface area contributed by atoms with Crippen LogP contribution in [0.4, 0.5) is 0 Å². The number of aliphatic carboxylic acids is 1. The molecule has 7 nitrogen and oxygen atoms in total. The summed E-state index contributed by atoms with van der Waals surface area (Å²) < 4.78 is 0. The highest BCUT2D eigenvalue weighted by molar-refractivity contribution is 5.94. The van der Waals surface area contributed by atoms with Gasteiger partial charge in [0, 0.05) is 6.42 Å². The molecule has 0 saturated heterocycles. The summed E-state index contributed by atoms with van der Waals surface area (Å²) in [4.78, 5) is 32.7. The fourth-order valence-electron chi connectivity index (χ4n) is 1.13. The van der Waals surface area contributed by atoms with Gasteiger partial charge in [-0.2, -0.15) is 0 Å². The lowest BCUT2D eigenvalue weighted by molar-refractivity contribution is -0.143. The van der Waals surface area contributed by atoms with E-state index in [-0.39, 0.29) is 0 Å². The largest absolute Gasteiger partial charge is 0.480 e. The number of primary amides is 1. The lowest BCUT2D eigenvalue weighted by Crippen LogP contribution is -2.48. The van der Waals surface area contributed by atoms with Crippen LogP contribution in [0.25, 0.3) is 0 Å². The molecular formula is C8H15N3O4. The van der Waals surface area contributed by atoms with Crippen LogP contribution in [0.2, 0.25) is 0 Å². The van der Waals surface area contributed by atoms with Crippen molar-refractivity contribution in [1.29, 1.82) is 0 Å². The Balaban J connectivity index is 4.80. The number of amides is 1. The van der Waals surface area contributed by atoms with Gasteiger partial charge in [0.2, 0.25) is 5.91 Å². The molecule has 0 bridgehead atoms. The van der Waals surface area contributed by atoms with Gasteiger partial charge in [-0.05, 0) is 6.92 Å². The van der Waals surface area contributed by atoms with Crippen molar-refractivity contribution in [2.24, 2.45) is 23.1 Å². The second kappa shape index (κ2) is 5.42. The first-order chi connectivity index (χ1) is 6.77. The Hall–Kier alpha value is -1.47. The van der Waals surface area contributed by atoms with E-state index >= 15 is 0 Å². The van der Waals surface area contributed by atoms with Gasteiger partial charge in [0.1, 0.15) is 6.04 Å². The van der Waals surface area contributed by atoms with Crippen LogP contribution >= 0.6 is 0 Å². The van der Waals surface area contributed by atoms with E-state index in [1.54, 1.807) is 0 Å². The Kier molecular flexibility index (Phi) is 4.89. The molecule has 0 fully saturated rings. The summed E-state index contributed by atoms with van der Waals surface area (Å²) in [6.07, 6.45) is -0.409. The van der Waals surface area contributed by atoms with Crippen molar-refractivity contribution in [3.05, 3.63) is 0 Å². The van der Waals surface area contributed by atoms with E-state index in [0.29, 0.717) is 0 Å². The molecular weight excluding hydrogens is 202 g/mol. The fraction of sp³-hybridized carbons (Fsp3) is 0.625. The van der Waals surface area contributed by atoms with E-state index in [9.17, 15) is 14.4 Å². The van der Waals surface area contributed by atoms with E-state index in [4.69, 9.17) is 22.3 Å². The molecule has 0 heterocycles. The molecule has 3 atom stereocenters. The number of nitrogens with two attached hydrogens (primary N) is 3. The molecule has 3 unspecified atom stereocenters. The van der Waals surface area contributed by atoms with Crippen molar-refractivity contribution in [1.82, 2.24) is 0 Å². The molecule has 0 saturated carbocycles. The zero-order valence-corrected chi connectivity index (χ0v) is 8.34. The van der Waals surface area contributed by atoms with Crippen molar-refractivity contribution in [2.75, 3.05) is 0 Å². The molecule has 1 amide bonds. The Morgan fingerprint density at radius 1 is 1.27 bits per heavy atom. The maximum absolute atomic E-state index is 11.4. The first-order valence-electron chi connectivity index (χ1n) is 4.33. The molecule has 0 aliphatic heterocycles. The standard InChI is InChI=1S/C8H15N3O4/c1-3(9)7(13)4(2-5(10)12)6(11)8(14)15/h3-4,6H,2,9,11H2,1H3,(H2,10,12)(H,14,15). The van der Waals surface area contributed by atoms with Gasteiger partial charge in [-0.1, -0.05) is 0 Å². The molecule has 0 aromatic carbocycles. The topological polar surface area (TPSA) is 150 Å². The van der Waals surface area contributed by atoms with Gasteiger partial charge in [0.25, 0.3) is 0 Å². The Morgan fingerprint density at radius 2 is 1.73 bits per heavy atom. The predicted octanol–water partition coefficient (Wildman–Crippen LogP) is -2.19. The SMILES string of the molecule is CC(N)C(=O)C(CC(N)=O)C(N)C(=O)O. The Labute approximate surface area is 86.6 Å². The van der Waals surface area contributed by atoms with Gasteiger partial charge >= 0.3 is 5.97 Å². The average Bonchev–Trinajstić information content (AvgIpc) is 2.11. The maximum atomic E-state index is 11.4. The van der Waals surface area contributed by atoms with Crippen LogP contribution in [0.3, 0.4) is 0 Å². The number of Topliss-reactive ketones (excluding diaryl/α,β-unsaturated/α-hetero) is 1. The van der Waals surface area contributed by atoms with Gasteiger partial charge in [0.05, 0.1) is 12.0 Å². The number of ketones is 1. The third kappa shape index (κ3) is 4.05. The second-order valence-electron chi connectivity index (χ2n) is 3.33. The number of carbonyl (C=O) groups is 3. The van der Waals surface area contributed by atoms with Crippen molar-refractivity contribution in [3.63, 3.8) is 0 Å². The smallest absolute Gasteiger partial charge is 0.321 e. The molecule has 7 N–H and O–H groups in total. The first kappa shape index (κ1) is 13.5. The molecule has 0 aromatic rings. The summed E-state index contributed by atoms with van der Waals surface area (Å²) in [6.45, 7) is 1.39. The number of hydrogen-bond donors (Lipinski definition) is 4. The third-order valence-electron chi connectivity index (χ3n) is 1.95. The number of carboxylic acid groups (broad SMARTS) is 1. The van der Waals surface area contributed by atoms with Crippen molar-refractivity contribution < 1.29 is 19.5 Å². The summed E-state index contributed by atoms with van der Waals surface area (Å²) in [6, 6.07) is -2.34. The summed E-state index contributed by atoms with van der Waals surface area (Å²) >= 11 is 0. The van der Waals surface area contributed by atoms with Crippen LogP contribution < -0.4 is 17.2 Å². The highest BCUT2D eigenvalue weighted by Crippen LogP contribution is 2.11. The molecule has 0 aliphatic rings. The lowest BCUT2D eigenvalue weighted by atomic mass is 9.89. The zero-order valence-electron chi connectivity index (χ0n) is 8.34. The van der Waals surface area contributed by atoms with Gasteiger partial charge in [-0.15, -0.1) is 0 Å². The summed E-state index contributed by atoms with van der Waals surface area (Å²) in [5.74, 6) is -3.90. The Bertz CT molecular complexity index is 277. The second-order valence-corrected chi connectivity index (χ2v) is 3.33. The Morgan fingerprint density at radius 3 is 2.00 bits per heavy atom. The third-order valence-corrected chi connectivity index (χ3v) is 1.95. The maximum Gasteiger partial charge on any atom is 0.321 e. The van der Waals surface area contributed by atoms with Gasteiger partial charge in [-0.25, -0.2) is 0 Å². The lowest BCUT2D eigenvalue weighted by Gasteiger charge is -2.19. The minimum absolute atomic E-state index is 0.409. The summed E-state index contributed by atoms with van der Waals surface area (Å²) in [7, 11) is 0. The first-order valence-corrected chi connectivity index (χ1v) is 4.33. The van der Waals surface area contributed by atoms with Gasteiger partial charge in [0.15, 0.2) is 5.78 Å². The van der Waals surface area contributed by atoms with E-state index in [1.807, 2.05) is 0 Å². The number of carboxylic acids is 1. The summed E-state index contributed by atoms with van der Waals surface area (Å²) in [5, 5.41) is 8.63. The molecule has 0 spiro atoms. The van der Waals surface area contributed by atoms with Crippen LogP contribution in [0.1, 0.15) is 13.3 Å². The van der Waals surface area contributed by atoms with E-state index in [2.05, 4.69) is 0 Å². The van der Waals surface area contributed by atoms with Crippen molar-refractivity contribution >= 4 is 17.7 Å². The van der Waals surface area contributed by atoms with Crippen molar-refractivity contribution in [2.45, 2.75) is 25.4 Å². The van der Waals surface area contributed by atoms with E-state index in [0.717, 1.165) is 0 Å². The van der Waals surface area contributed by atoms with Crippen LogP contribution in [0.5, 0.6) is 0 Å². The van der Waals surface area contributed by atoms with Gasteiger partial charge < -0.3 is 22.3 Å².